The number of ketones is 1. The monoisotopic (exact) mass is 175 g/mol. The average Bonchev–Trinajstić information content (AvgIpc) is 2.18. The van der Waals surface area contributed by atoms with Crippen LogP contribution in [0.25, 0.3) is 0 Å². The maximum Gasteiger partial charge on any atom is 0.172 e. The van der Waals surface area contributed by atoms with Crippen LogP contribution in [0.5, 0.6) is 0 Å². The second-order valence-electron chi connectivity index (χ2n) is 2.83. The molecule has 1 heterocycles. The molecule has 13 heavy (non-hydrogen) atoms. The van der Waals surface area contributed by atoms with Crippen LogP contribution in [0.3, 0.4) is 0 Å². The molecule has 1 atom stereocenters. The first kappa shape index (κ1) is 7.94. The van der Waals surface area contributed by atoms with Crippen LogP contribution in [0.1, 0.15) is 0 Å². The van der Waals surface area contributed by atoms with E-state index in [0.29, 0.717) is 5.82 Å². The van der Waals surface area contributed by atoms with Crippen molar-refractivity contribution in [2.75, 3.05) is 0 Å². The highest BCUT2D eigenvalue weighted by Crippen LogP contribution is 2.17. The largest absolute Gasteiger partial charge is 0.308 e. The average molecular weight is 175 g/mol. The van der Waals surface area contributed by atoms with Gasteiger partial charge in [-0.25, -0.2) is 10.8 Å². The summed E-state index contributed by atoms with van der Waals surface area (Å²) >= 11 is 0. The molecule has 2 aliphatic rings. The van der Waals surface area contributed by atoms with Gasteiger partial charge in [0, 0.05) is 6.08 Å². The molecule has 3 N–H and O–H groups in total. The van der Waals surface area contributed by atoms with Gasteiger partial charge in [-0.3, -0.25) is 4.79 Å². The van der Waals surface area contributed by atoms with Crippen molar-refractivity contribution >= 4 is 11.5 Å². The molecule has 4 nitrogen and oxygen atoms in total. The molecule has 0 amide bonds. The molecule has 0 aromatic heterocycles. The van der Waals surface area contributed by atoms with E-state index in [0.717, 1.165) is 5.71 Å². The van der Waals surface area contributed by atoms with Crippen molar-refractivity contribution in [3.05, 3.63) is 36.2 Å². The number of nitrogens with two attached hydrogens (primary N) is 1. The predicted octanol–water partition coefficient (Wildman–Crippen LogP) is 0.0570. The van der Waals surface area contributed by atoms with Gasteiger partial charge >= 0.3 is 0 Å². The topological polar surface area (TPSA) is 67.5 Å². The zero-order valence-corrected chi connectivity index (χ0v) is 6.90. The van der Waals surface area contributed by atoms with Gasteiger partial charge in [-0.15, -0.1) is 0 Å². The van der Waals surface area contributed by atoms with Crippen molar-refractivity contribution in [3.63, 3.8) is 0 Å². The molecule has 0 saturated heterocycles. The summed E-state index contributed by atoms with van der Waals surface area (Å²) in [4.78, 5) is 15.6. The first-order chi connectivity index (χ1) is 6.31. The van der Waals surface area contributed by atoms with Gasteiger partial charge in [0.15, 0.2) is 5.78 Å². The van der Waals surface area contributed by atoms with Crippen molar-refractivity contribution in [2.24, 2.45) is 16.8 Å². The maximum atomic E-state index is 11.5. The zero-order valence-electron chi connectivity index (χ0n) is 6.90. The molecule has 66 valence electrons. The van der Waals surface area contributed by atoms with Gasteiger partial charge in [-0.1, -0.05) is 18.2 Å². The lowest BCUT2D eigenvalue weighted by molar-refractivity contribution is -0.115. The molecule has 1 aliphatic heterocycles. The minimum Gasteiger partial charge on any atom is -0.308 e. The van der Waals surface area contributed by atoms with Crippen LogP contribution in [0.2, 0.25) is 0 Å². The van der Waals surface area contributed by atoms with Crippen molar-refractivity contribution < 1.29 is 4.79 Å². The standard InChI is InChI=1S/C9H9N3O/c10-12-9-5-8(13)6-3-1-2-4-7(6)11-9/h1-6,12H,10H2. The third-order valence-corrected chi connectivity index (χ3v) is 1.98. The fourth-order valence-corrected chi connectivity index (χ4v) is 1.35. The van der Waals surface area contributed by atoms with Crippen molar-refractivity contribution in [1.29, 1.82) is 0 Å². The lowest BCUT2D eigenvalue weighted by Gasteiger charge is -2.17. The number of nitrogens with one attached hydrogen (secondary N) is 1. The van der Waals surface area contributed by atoms with E-state index >= 15 is 0 Å². The van der Waals surface area contributed by atoms with Crippen molar-refractivity contribution in [1.82, 2.24) is 5.43 Å². The van der Waals surface area contributed by atoms with E-state index in [4.69, 9.17) is 5.84 Å². The lowest BCUT2D eigenvalue weighted by atomic mass is 9.92. The predicted molar refractivity (Wildman–Crippen MR) is 49.6 cm³/mol. The maximum absolute atomic E-state index is 11.5. The van der Waals surface area contributed by atoms with Gasteiger partial charge in [-0.05, 0) is 6.08 Å². The highest BCUT2D eigenvalue weighted by atomic mass is 16.1. The Morgan fingerprint density at radius 2 is 2.31 bits per heavy atom. The van der Waals surface area contributed by atoms with Crippen LogP contribution in [-0.4, -0.2) is 11.5 Å². The summed E-state index contributed by atoms with van der Waals surface area (Å²) in [5.41, 5.74) is 3.10. The number of hydrogen-bond acceptors (Lipinski definition) is 4. The summed E-state index contributed by atoms with van der Waals surface area (Å²) < 4.78 is 0. The molecule has 2 rings (SSSR count). The Morgan fingerprint density at radius 1 is 1.46 bits per heavy atom. The molecule has 0 saturated carbocycles. The van der Waals surface area contributed by atoms with Gasteiger partial charge < -0.3 is 5.43 Å². The molecular formula is C9H9N3O. The van der Waals surface area contributed by atoms with E-state index in [1.807, 2.05) is 24.3 Å². The second kappa shape index (κ2) is 2.99. The number of carbonyl (C=O) groups excluding carboxylic acids is 1. The number of hydrogen-bond donors (Lipinski definition) is 2. The first-order valence-electron chi connectivity index (χ1n) is 3.97. The van der Waals surface area contributed by atoms with Crippen LogP contribution in [0, 0.1) is 5.92 Å². The summed E-state index contributed by atoms with van der Waals surface area (Å²) in [6.07, 6.45) is 8.74. The highest BCUT2D eigenvalue weighted by molar-refractivity contribution is 6.18. The van der Waals surface area contributed by atoms with Crippen molar-refractivity contribution in [2.45, 2.75) is 0 Å². The Labute approximate surface area is 75.5 Å². The normalized spacial score (nSPS) is 25.0. The molecule has 1 unspecified atom stereocenters. The van der Waals surface area contributed by atoms with Gasteiger partial charge in [0.2, 0.25) is 0 Å². The SMILES string of the molecule is NNC1=CC(=O)C2C=CC=CC2=N1. The summed E-state index contributed by atoms with van der Waals surface area (Å²) in [5, 5.41) is 0. The third kappa shape index (κ3) is 1.31. The van der Waals surface area contributed by atoms with Crippen LogP contribution < -0.4 is 11.3 Å². The summed E-state index contributed by atoms with van der Waals surface area (Å²) in [6, 6.07) is 0. The Hall–Kier alpha value is -1.68. The lowest BCUT2D eigenvalue weighted by Crippen LogP contribution is -2.30. The minimum absolute atomic E-state index is 0.0125. The molecule has 0 aromatic rings. The number of rotatable bonds is 1. The minimum atomic E-state index is -0.220. The quantitative estimate of drug-likeness (QED) is 0.437. The Kier molecular flexibility index (Phi) is 1.83. The first-order valence-corrected chi connectivity index (χ1v) is 3.97. The van der Waals surface area contributed by atoms with E-state index in [9.17, 15) is 4.79 Å². The number of fused-ring (bicyclic) bond motifs is 1. The molecule has 0 bridgehead atoms. The van der Waals surface area contributed by atoms with Gasteiger partial charge in [0.25, 0.3) is 0 Å². The molecule has 4 heteroatoms. The number of nitrogens with zero attached hydrogens (tertiary/aromatic N) is 1. The molecule has 0 aromatic carbocycles. The Bertz CT molecular complexity index is 363. The Morgan fingerprint density at radius 3 is 3.08 bits per heavy atom. The van der Waals surface area contributed by atoms with Crippen LogP contribution in [-0.2, 0) is 4.79 Å². The zero-order chi connectivity index (χ0) is 9.26. The van der Waals surface area contributed by atoms with E-state index in [1.165, 1.54) is 6.08 Å². The van der Waals surface area contributed by atoms with E-state index < -0.39 is 0 Å². The van der Waals surface area contributed by atoms with E-state index in [-0.39, 0.29) is 11.7 Å². The van der Waals surface area contributed by atoms with Gasteiger partial charge in [0.05, 0.1) is 11.6 Å². The molecular weight excluding hydrogens is 166 g/mol. The molecule has 0 spiro atoms. The fraction of sp³-hybridized carbons (Fsp3) is 0.111. The molecule has 0 radical (unpaired) electrons. The highest BCUT2D eigenvalue weighted by Gasteiger charge is 2.24. The summed E-state index contributed by atoms with van der Waals surface area (Å²) in [6.45, 7) is 0. The third-order valence-electron chi connectivity index (χ3n) is 1.98. The van der Waals surface area contributed by atoms with E-state index in [1.54, 1.807) is 0 Å². The summed E-state index contributed by atoms with van der Waals surface area (Å²) in [5.74, 6) is 5.37. The number of hydrazine groups is 1. The summed E-state index contributed by atoms with van der Waals surface area (Å²) in [7, 11) is 0. The Balaban J connectivity index is 2.39. The van der Waals surface area contributed by atoms with Gasteiger partial charge in [-0.2, -0.15) is 0 Å². The second-order valence-corrected chi connectivity index (χ2v) is 2.83. The van der Waals surface area contributed by atoms with Crippen molar-refractivity contribution in [3.8, 4) is 0 Å². The molecule has 1 aliphatic carbocycles. The smallest absolute Gasteiger partial charge is 0.172 e. The van der Waals surface area contributed by atoms with Crippen LogP contribution in [0.4, 0.5) is 0 Å². The van der Waals surface area contributed by atoms with Crippen LogP contribution >= 0.6 is 0 Å². The fourth-order valence-electron chi connectivity index (χ4n) is 1.35. The number of aliphatic imine (C=N–C) groups is 1. The van der Waals surface area contributed by atoms with Crippen LogP contribution in [0.15, 0.2) is 41.2 Å². The number of allylic oxidation sites excluding steroid dienone is 5. The molecule has 0 fully saturated rings. The number of carbonyl (C=O) groups is 1. The van der Waals surface area contributed by atoms with Gasteiger partial charge in [0.1, 0.15) is 5.82 Å². The van der Waals surface area contributed by atoms with E-state index in [2.05, 4.69) is 10.4 Å².